The third-order valence-electron chi connectivity index (χ3n) is 4.17. The second-order valence-electron chi connectivity index (χ2n) is 6.06. The van der Waals surface area contributed by atoms with Crippen LogP contribution in [-0.2, 0) is 4.74 Å². The average Bonchev–Trinajstić information content (AvgIpc) is 2.29. The molecule has 0 aromatic rings. The molecule has 3 heteroatoms. The molecule has 0 aliphatic carbocycles. The highest BCUT2D eigenvalue weighted by molar-refractivity contribution is 7.99. The van der Waals surface area contributed by atoms with Gasteiger partial charge in [-0.1, -0.05) is 20.8 Å². The molecular weight excluding hydrogens is 230 g/mol. The van der Waals surface area contributed by atoms with Crippen molar-refractivity contribution in [1.82, 2.24) is 5.32 Å². The Labute approximate surface area is 110 Å². The lowest BCUT2D eigenvalue weighted by Gasteiger charge is -2.49. The Kier molecular flexibility index (Phi) is 4.79. The second kappa shape index (κ2) is 5.94. The molecule has 0 aromatic heterocycles. The highest BCUT2D eigenvalue weighted by atomic mass is 32.2. The lowest BCUT2D eigenvalue weighted by atomic mass is 9.77. The number of hydrogen-bond donors (Lipinski definition) is 1. The number of nitrogens with one attached hydrogen (secondary N) is 1. The molecule has 0 bridgehead atoms. The number of hydrogen-bond acceptors (Lipinski definition) is 3. The quantitative estimate of drug-likeness (QED) is 0.840. The summed E-state index contributed by atoms with van der Waals surface area (Å²) in [5.41, 5.74) is 0.151. The van der Waals surface area contributed by atoms with Crippen LogP contribution in [0.2, 0.25) is 0 Å². The Morgan fingerprint density at radius 2 is 2.00 bits per heavy atom. The second-order valence-corrected chi connectivity index (χ2v) is 7.29. The number of thioether (sulfide) groups is 1. The standard InChI is InChI=1S/C14H27NOS/c1-11(2)10-12(3)13-14(16-7-6-15-13)4-8-17-9-5-14/h11-13,15H,4-10H2,1-3H3. The molecule has 2 fully saturated rings. The van der Waals surface area contributed by atoms with E-state index in [2.05, 4.69) is 37.8 Å². The van der Waals surface area contributed by atoms with E-state index in [4.69, 9.17) is 4.74 Å². The van der Waals surface area contributed by atoms with Crippen molar-refractivity contribution in [2.45, 2.75) is 51.7 Å². The van der Waals surface area contributed by atoms with Crippen LogP contribution in [0, 0.1) is 11.8 Å². The molecule has 0 radical (unpaired) electrons. The first kappa shape index (κ1) is 13.7. The summed E-state index contributed by atoms with van der Waals surface area (Å²) in [7, 11) is 0. The molecule has 2 atom stereocenters. The summed E-state index contributed by atoms with van der Waals surface area (Å²) in [6, 6.07) is 0.569. The number of rotatable bonds is 3. The Morgan fingerprint density at radius 3 is 2.65 bits per heavy atom. The molecule has 17 heavy (non-hydrogen) atoms. The topological polar surface area (TPSA) is 21.3 Å². The molecule has 2 saturated heterocycles. The van der Waals surface area contributed by atoms with Gasteiger partial charge in [-0.2, -0.15) is 11.8 Å². The van der Waals surface area contributed by atoms with Crippen LogP contribution >= 0.6 is 11.8 Å². The summed E-state index contributed by atoms with van der Waals surface area (Å²) in [4.78, 5) is 0. The van der Waals surface area contributed by atoms with Crippen LogP contribution in [0.15, 0.2) is 0 Å². The van der Waals surface area contributed by atoms with E-state index in [0.29, 0.717) is 6.04 Å². The normalized spacial score (nSPS) is 30.7. The maximum Gasteiger partial charge on any atom is 0.0853 e. The van der Waals surface area contributed by atoms with E-state index >= 15 is 0 Å². The summed E-state index contributed by atoms with van der Waals surface area (Å²) in [5.74, 6) is 4.04. The van der Waals surface area contributed by atoms with Crippen LogP contribution < -0.4 is 5.32 Å². The fraction of sp³-hybridized carbons (Fsp3) is 1.00. The molecule has 100 valence electrons. The van der Waals surface area contributed by atoms with Gasteiger partial charge < -0.3 is 10.1 Å². The van der Waals surface area contributed by atoms with Crippen molar-refractivity contribution in [3.63, 3.8) is 0 Å². The largest absolute Gasteiger partial charge is 0.372 e. The molecule has 0 aromatic carbocycles. The van der Waals surface area contributed by atoms with Crippen molar-refractivity contribution < 1.29 is 4.74 Å². The van der Waals surface area contributed by atoms with Crippen LogP contribution in [0.25, 0.3) is 0 Å². The molecule has 2 aliphatic rings. The van der Waals surface area contributed by atoms with Crippen LogP contribution in [0.3, 0.4) is 0 Å². The minimum Gasteiger partial charge on any atom is -0.372 e. The van der Waals surface area contributed by atoms with Gasteiger partial charge in [0.25, 0.3) is 0 Å². The minimum atomic E-state index is 0.151. The third kappa shape index (κ3) is 3.18. The number of morpholine rings is 1. The summed E-state index contributed by atoms with van der Waals surface area (Å²) in [6.45, 7) is 8.97. The zero-order valence-corrected chi connectivity index (χ0v) is 12.3. The van der Waals surface area contributed by atoms with Gasteiger partial charge >= 0.3 is 0 Å². The SMILES string of the molecule is CC(C)CC(C)C1NCCOC12CCSCC2. The zero-order chi connectivity index (χ0) is 12.3. The lowest BCUT2D eigenvalue weighted by molar-refractivity contribution is -0.115. The molecular formula is C14H27NOS. The minimum absolute atomic E-state index is 0.151. The molecule has 2 heterocycles. The van der Waals surface area contributed by atoms with Crippen molar-refractivity contribution in [1.29, 1.82) is 0 Å². The van der Waals surface area contributed by atoms with Crippen molar-refractivity contribution >= 4 is 11.8 Å². The van der Waals surface area contributed by atoms with E-state index in [9.17, 15) is 0 Å². The van der Waals surface area contributed by atoms with E-state index in [1.165, 1.54) is 30.8 Å². The van der Waals surface area contributed by atoms with Gasteiger partial charge in [-0.15, -0.1) is 0 Å². The molecule has 2 rings (SSSR count). The molecule has 1 N–H and O–H groups in total. The predicted octanol–water partition coefficient (Wildman–Crippen LogP) is 2.92. The monoisotopic (exact) mass is 257 g/mol. The highest BCUT2D eigenvalue weighted by Crippen LogP contribution is 2.38. The molecule has 2 nitrogen and oxygen atoms in total. The van der Waals surface area contributed by atoms with Crippen LogP contribution in [-0.4, -0.2) is 36.3 Å². The van der Waals surface area contributed by atoms with Gasteiger partial charge in [-0.3, -0.25) is 0 Å². The molecule has 0 saturated carbocycles. The van der Waals surface area contributed by atoms with E-state index in [-0.39, 0.29) is 5.60 Å². The van der Waals surface area contributed by atoms with E-state index in [1.807, 2.05) is 0 Å². The maximum absolute atomic E-state index is 6.25. The summed E-state index contributed by atoms with van der Waals surface area (Å²) in [6.07, 6.45) is 3.77. The van der Waals surface area contributed by atoms with Crippen LogP contribution in [0.5, 0.6) is 0 Å². The molecule has 2 unspecified atom stereocenters. The average molecular weight is 257 g/mol. The fourth-order valence-electron chi connectivity index (χ4n) is 3.52. The molecule has 1 spiro atoms. The summed E-state index contributed by atoms with van der Waals surface area (Å²) in [5, 5.41) is 3.75. The molecule has 0 amide bonds. The van der Waals surface area contributed by atoms with Gasteiger partial charge in [0.05, 0.1) is 12.2 Å². The number of ether oxygens (including phenoxy) is 1. The van der Waals surface area contributed by atoms with E-state index in [0.717, 1.165) is 25.0 Å². The van der Waals surface area contributed by atoms with Crippen molar-refractivity contribution in [3.05, 3.63) is 0 Å². The Balaban J connectivity index is 2.05. The molecule has 2 aliphatic heterocycles. The smallest absolute Gasteiger partial charge is 0.0853 e. The van der Waals surface area contributed by atoms with Crippen LogP contribution in [0.4, 0.5) is 0 Å². The Bertz CT molecular complexity index is 230. The van der Waals surface area contributed by atoms with Gasteiger partial charge in [0.15, 0.2) is 0 Å². The van der Waals surface area contributed by atoms with Gasteiger partial charge in [0.1, 0.15) is 0 Å². The Hall–Kier alpha value is 0.270. The summed E-state index contributed by atoms with van der Waals surface area (Å²) < 4.78 is 6.25. The lowest BCUT2D eigenvalue weighted by Crippen LogP contribution is -2.62. The highest BCUT2D eigenvalue weighted by Gasteiger charge is 2.45. The van der Waals surface area contributed by atoms with Crippen molar-refractivity contribution in [2.75, 3.05) is 24.7 Å². The van der Waals surface area contributed by atoms with Gasteiger partial charge in [0.2, 0.25) is 0 Å². The first-order valence-electron chi connectivity index (χ1n) is 7.09. The van der Waals surface area contributed by atoms with E-state index < -0.39 is 0 Å². The Morgan fingerprint density at radius 1 is 1.29 bits per heavy atom. The first-order valence-corrected chi connectivity index (χ1v) is 8.24. The van der Waals surface area contributed by atoms with Gasteiger partial charge in [0, 0.05) is 12.6 Å². The fourth-order valence-corrected chi connectivity index (χ4v) is 4.70. The van der Waals surface area contributed by atoms with Gasteiger partial charge in [-0.05, 0) is 42.6 Å². The van der Waals surface area contributed by atoms with Crippen molar-refractivity contribution in [3.8, 4) is 0 Å². The first-order chi connectivity index (χ1) is 8.14. The summed E-state index contributed by atoms with van der Waals surface area (Å²) >= 11 is 2.08. The van der Waals surface area contributed by atoms with Gasteiger partial charge in [-0.25, -0.2) is 0 Å². The van der Waals surface area contributed by atoms with Crippen molar-refractivity contribution in [2.24, 2.45) is 11.8 Å². The predicted molar refractivity (Wildman–Crippen MR) is 75.7 cm³/mol. The maximum atomic E-state index is 6.25. The zero-order valence-electron chi connectivity index (χ0n) is 11.5. The third-order valence-corrected chi connectivity index (χ3v) is 5.16. The van der Waals surface area contributed by atoms with E-state index in [1.54, 1.807) is 0 Å². The van der Waals surface area contributed by atoms with Crippen LogP contribution in [0.1, 0.15) is 40.0 Å².